The molecular weight excluding hydrogens is 256 g/mol. The average molecular weight is 278 g/mol. The second kappa shape index (κ2) is 5.41. The molecule has 0 bridgehead atoms. The fourth-order valence-corrected chi connectivity index (χ4v) is 3.62. The van der Waals surface area contributed by atoms with E-state index in [9.17, 15) is 5.26 Å². The van der Waals surface area contributed by atoms with Crippen LogP contribution in [0.3, 0.4) is 0 Å². The molecule has 0 atom stereocenters. The van der Waals surface area contributed by atoms with Crippen LogP contribution in [-0.4, -0.2) is 13.1 Å². The maximum atomic E-state index is 9.29. The van der Waals surface area contributed by atoms with Crippen molar-refractivity contribution in [1.29, 1.82) is 5.26 Å². The zero-order valence-corrected chi connectivity index (χ0v) is 12.9. The van der Waals surface area contributed by atoms with Crippen LogP contribution in [0.15, 0.2) is 36.4 Å². The predicted octanol–water partition coefficient (Wildman–Crippen LogP) is 4.73. The molecule has 2 aromatic rings. The van der Waals surface area contributed by atoms with Crippen molar-refractivity contribution in [2.45, 2.75) is 33.1 Å². The Kier molecular flexibility index (Phi) is 3.59. The van der Waals surface area contributed by atoms with Gasteiger partial charge < -0.3 is 4.90 Å². The standard InChI is InChI=1S/C19H22N2/c1-3-19(4-2)11-12-21(14-19)18-10-9-15(13-20)16-7-5-6-8-17(16)18/h5-10H,3-4,11-12,14H2,1-2H3. The molecular formula is C19H22N2. The number of fused-ring (bicyclic) bond motifs is 1. The molecule has 1 heterocycles. The second-order valence-electron chi connectivity index (χ2n) is 6.17. The molecule has 0 aliphatic carbocycles. The monoisotopic (exact) mass is 278 g/mol. The van der Waals surface area contributed by atoms with Gasteiger partial charge in [0.25, 0.3) is 0 Å². The van der Waals surface area contributed by atoms with E-state index in [1.165, 1.54) is 30.3 Å². The molecule has 3 rings (SSSR count). The minimum absolute atomic E-state index is 0.467. The lowest BCUT2D eigenvalue weighted by molar-refractivity contribution is 0.301. The average Bonchev–Trinajstić information content (AvgIpc) is 2.99. The van der Waals surface area contributed by atoms with Crippen LogP contribution in [0, 0.1) is 16.7 Å². The Morgan fingerprint density at radius 2 is 1.81 bits per heavy atom. The van der Waals surface area contributed by atoms with E-state index in [2.05, 4.69) is 49.1 Å². The predicted molar refractivity (Wildman–Crippen MR) is 88.5 cm³/mol. The van der Waals surface area contributed by atoms with Gasteiger partial charge in [-0.15, -0.1) is 0 Å². The Hall–Kier alpha value is -2.01. The van der Waals surface area contributed by atoms with Crippen LogP contribution < -0.4 is 4.90 Å². The molecule has 1 fully saturated rings. The highest BCUT2D eigenvalue weighted by molar-refractivity contribution is 5.97. The summed E-state index contributed by atoms with van der Waals surface area (Å²) in [6.45, 7) is 6.88. The first-order chi connectivity index (χ1) is 10.2. The molecule has 21 heavy (non-hydrogen) atoms. The van der Waals surface area contributed by atoms with Crippen molar-refractivity contribution in [3.05, 3.63) is 42.0 Å². The molecule has 0 spiro atoms. The van der Waals surface area contributed by atoms with Gasteiger partial charge in [0, 0.05) is 29.5 Å². The topological polar surface area (TPSA) is 27.0 Å². The lowest BCUT2D eigenvalue weighted by atomic mass is 9.82. The molecule has 0 unspecified atom stereocenters. The molecule has 0 N–H and O–H groups in total. The highest BCUT2D eigenvalue weighted by Crippen LogP contribution is 2.41. The molecule has 1 saturated heterocycles. The normalized spacial score (nSPS) is 17.1. The first kappa shape index (κ1) is 13.9. The molecule has 0 aromatic heterocycles. The summed E-state index contributed by atoms with van der Waals surface area (Å²) in [4.78, 5) is 2.51. The van der Waals surface area contributed by atoms with E-state index < -0.39 is 0 Å². The van der Waals surface area contributed by atoms with Gasteiger partial charge in [-0.1, -0.05) is 38.1 Å². The van der Waals surface area contributed by atoms with Gasteiger partial charge in [0.1, 0.15) is 0 Å². The Labute approximate surface area is 127 Å². The highest BCUT2D eigenvalue weighted by atomic mass is 15.2. The number of hydrogen-bond donors (Lipinski definition) is 0. The van der Waals surface area contributed by atoms with E-state index in [0.717, 1.165) is 24.0 Å². The molecule has 2 nitrogen and oxygen atoms in total. The number of benzene rings is 2. The van der Waals surface area contributed by atoms with Gasteiger partial charge in [-0.25, -0.2) is 0 Å². The lowest BCUT2D eigenvalue weighted by Gasteiger charge is -2.28. The number of rotatable bonds is 3. The summed E-state index contributed by atoms with van der Waals surface area (Å²) in [6, 6.07) is 14.7. The van der Waals surface area contributed by atoms with Crippen LogP contribution in [0.2, 0.25) is 0 Å². The smallest absolute Gasteiger partial charge is 0.0998 e. The van der Waals surface area contributed by atoms with Crippen molar-refractivity contribution in [3.63, 3.8) is 0 Å². The first-order valence-electron chi connectivity index (χ1n) is 7.90. The molecule has 0 amide bonds. The zero-order chi connectivity index (χ0) is 14.9. The van der Waals surface area contributed by atoms with E-state index in [4.69, 9.17) is 0 Å². The summed E-state index contributed by atoms with van der Waals surface area (Å²) in [5, 5.41) is 11.6. The van der Waals surface area contributed by atoms with Gasteiger partial charge >= 0.3 is 0 Å². The van der Waals surface area contributed by atoms with Crippen molar-refractivity contribution in [1.82, 2.24) is 0 Å². The summed E-state index contributed by atoms with van der Waals surface area (Å²) >= 11 is 0. The largest absolute Gasteiger partial charge is 0.370 e. The van der Waals surface area contributed by atoms with Crippen LogP contribution in [0.1, 0.15) is 38.7 Å². The van der Waals surface area contributed by atoms with Gasteiger partial charge in [-0.2, -0.15) is 5.26 Å². The third kappa shape index (κ3) is 2.27. The number of nitrogens with zero attached hydrogens (tertiary/aromatic N) is 2. The Morgan fingerprint density at radius 3 is 2.43 bits per heavy atom. The van der Waals surface area contributed by atoms with Gasteiger partial charge in [-0.05, 0) is 36.8 Å². The first-order valence-corrected chi connectivity index (χ1v) is 7.90. The second-order valence-corrected chi connectivity index (χ2v) is 6.17. The molecule has 1 aliphatic heterocycles. The quantitative estimate of drug-likeness (QED) is 0.811. The SMILES string of the molecule is CCC1(CC)CCN(c2ccc(C#N)c3ccccc23)C1. The van der Waals surface area contributed by atoms with Crippen molar-refractivity contribution in [2.24, 2.45) is 5.41 Å². The van der Waals surface area contributed by atoms with Gasteiger partial charge in [0.15, 0.2) is 0 Å². The van der Waals surface area contributed by atoms with E-state index in [0.29, 0.717) is 5.41 Å². The third-order valence-corrected chi connectivity index (χ3v) is 5.30. The molecule has 108 valence electrons. The Balaban J connectivity index is 2.05. The third-order valence-electron chi connectivity index (χ3n) is 5.30. The van der Waals surface area contributed by atoms with Crippen LogP contribution in [0.25, 0.3) is 10.8 Å². The minimum atomic E-state index is 0.467. The number of anilines is 1. The molecule has 1 aliphatic rings. The van der Waals surface area contributed by atoms with E-state index >= 15 is 0 Å². The number of nitriles is 1. The summed E-state index contributed by atoms with van der Waals surface area (Å²) in [5.41, 5.74) is 2.52. The maximum Gasteiger partial charge on any atom is 0.0998 e. The minimum Gasteiger partial charge on any atom is -0.370 e. The Morgan fingerprint density at radius 1 is 1.10 bits per heavy atom. The lowest BCUT2D eigenvalue weighted by Crippen LogP contribution is -2.26. The Bertz CT molecular complexity index is 692. The summed E-state index contributed by atoms with van der Waals surface area (Å²) in [7, 11) is 0. The van der Waals surface area contributed by atoms with Crippen molar-refractivity contribution in [2.75, 3.05) is 18.0 Å². The summed E-state index contributed by atoms with van der Waals surface area (Å²) in [6.07, 6.45) is 3.76. The molecule has 2 heteroatoms. The van der Waals surface area contributed by atoms with Crippen LogP contribution in [-0.2, 0) is 0 Å². The maximum absolute atomic E-state index is 9.29. The fourth-order valence-electron chi connectivity index (χ4n) is 3.62. The van der Waals surface area contributed by atoms with Crippen molar-refractivity contribution >= 4 is 16.5 Å². The van der Waals surface area contributed by atoms with Crippen molar-refractivity contribution < 1.29 is 0 Å². The van der Waals surface area contributed by atoms with E-state index in [-0.39, 0.29) is 0 Å². The van der Waals surface area contributed by atoms with Gasteiger partial charge in [0.05, 0.1) is 11.6 Å². The van der Waals surface area contributed by atoms with Crippen LogP contribution in [0.4, 0.5) is 5.69 Å². The van der Waals surface area contributed by atoms with E-state index in [1.54, 1.807) is 0 Å². The van der Waals surface area contributed by atoms with Crippen LogP contribution >= 0.6 is 0 Å². The fraction of sp³-hybridized carbons (Fsp3) is 0.421. The van der Waals surface area contributed by atoms with Crippen LogP contribution in [0.5, 0.6) is 0 Å². The van der Waals surface area contributed by atoms with Gasteiger partial charge in [0.2, 0.25) is 0 Å². The molecule has 0 radical (unpaired) electrons. The van der Waals surface area contributed by atoms with Crippen molar-refractivity contribution in [3.8, 4) is 6.07 Å². The molecule has 2 aromatic carbocycles. The van der Waals surface area contributed by atoms with E-state index in [1.807, 2.05) is 12.1 Å². The van der Waals surface area contributed by atoms with Gasteiger partial charge in [-0.3, -0.25) is 0 Å². The summed E-state index contributed by atoms with van der Waals surface area (Å²) < 4.78 is 0. The molecule has 0 saturated carbocycles. The zero-order valence-electron chi connectivity index (χ0n) is 12.9. The highest BCUT2D eigenvalue weighted by Gasteiger charge is 2.35. The summed E-state index contributed by atoms with van der Waals surface area (Å²) in [5.74, 6) is 0. The number of hydrogen-bond acceptors (Lipinski definition) is 2.